The highest BCUT2D eigenvalue weighted by Crippen LogP contribution is 2.26. The van der Waals surface area contributed by atoms with Crippen LogP contribution in [0.3, 0.4) is 0 Å². The molecule has 0 aliphatic rings. The van der Waals surface area contributed by atoms with Crippen LogP contribution in [0.1, 0.15) is 6.92 Å². The Balaban J connectivity index is 2.51. The predicted molar refractivity (Wildman–Crippen MR) is 69.8 cm³/mol. The van der Waals surface area contributed by atoms with Crippen LogP contribution >= 0.6 is 15.9 Å². The average molecular weight is 336 g/mol. The normalized spacial score (nSPS) is 9.89. The summed E-state index contributed by atoms with van der Waals surface area (Å²) < 4.78 is 26.1. The van der Waals surface area contributed by atoms with Gasteiger partial charge in [-0.2, -0.15) is 0 Å². The number of hydrogen-bond acceptors (Lipinski definition) is 2. The number of benzene rings is 1. The van der Waals surface area contributed by atoms with E-state index in [1.165, 1.54) is 6.92 Å². The maximum Gasteiger partial charge on any atom is 0.319 e. The summed E-state index contributed by atoms with van der Waals surface area (Å²) in [5, 5.41) is 7.20. The van der Waals surface area contributed by atoms with Gasteiger partial charge in [-0.15, -0.1) is 0 Å². The van der Waals surface area contributed by atoms with Crippen LogP contribution in [0.4, 0.5) is 19.3 Å². The highest BCUT2D eigenvalue weighted by atomic mass is 79.9. The molecule has 0 unspecified atom stereocenters. The summed E-state index contributed by atoms with van der Waals surface area (Å²) in [5.41, 5.74) is -0.0190. The van der Waals surface area contributed by atoms with Crippen molar-refractivity contribution in [3.63, 3.8) is 0 Å². The van der Waals surface area contributed by atoms with Gasteiger partial charge in [0.15, 0.2) is 0 Å². The van der Waals surface area contributed by atoms with Crippen molar-refractivity contribution in [1.82, 2.24) is 10.6 Å². The number of rotatable bonds is 4. The molecule has 0 saturated carbocycles. The van der Waals surface area contributed by atoms with Crippen molar-refractivity contribution in [2.45, 2.75) is 6.92 Å². The number of anilines is 1. The van der Waals surface area contributed by atoms with E-state index in [0.29, 0.717) is 6.07 Å². The Kier molecular flexibility index (Phi) is 5.68. The van der Waals surface area contributed by atoms with Crippen LogP contribution in [-0.4, -0.2) is 25.0 Å². The van der Waals surface area contributed by atoms with Gasteiger partial charge in [0.25, 0.3) is 0 Å². The van der Waals surface area contributed by atoms with Crippen LogP contribution in [0, 0.1) is 11.6 Å². The van der Waals surface area contributed by atoms with Crippen LogP contribution < -0.4 is 16.0 Å². The minimum absolute atomic E-state index is 0.0190. The second-order valence-electron chi connectivity index (χ2n) is 3.61. The molecular weight excluding hydrogens is 324 g/mol. The van der Waals surface area contributed by atoms with E-state index in [0.717, 1.165) is 6.07 Å². The smallest absolute Gasteiger partial charge is 0.319 e. The number of urea groups is 1. The lowest BCUT2D eigenvalue weighted by Gasteiger charge is -2.10. The molecule has 0 aromatic heterocycles. The number of amides is 3. The Hall–Kier alpha value is -1.70. The molecule has 104 valence electrons. The highest BCUT2D eigenvalue weighted by Gasteiger charge is 2.11. The first-order valence-electron chi connectivity index (χ1n) is 5.34. The van der Waals surface area contributed by atoms with Crippen molar-refractivity contribution in [3.05, 3.63) is 28.2 Å². The van der Waals surface area contributed by atoms with Crippen LogP contribution in [0.5, 0.6) is 0 Å². The summed E-state index contributed by atoms with van der Waals surface area (Å²) in [4.78, 5) is 22.0. The van der Waals surface area contributed by atoms with Crippen molar-refractivity contribution in [3.8, 4) is 0 Å². The number of carbonyl (C=O) groups excluding carboxylic acids is 2. The molecule has 0 atom stereocenters. The molecule has 0 saturated heterocycles. The Morgan fingerprint density at radius 2 is 1.84 bits per heavy atom. The summed E-state index contributed by atoms with van der Waals surface area (Å²) in [6.45, 7) is 1.81. The third-order valence-electron chi connectivity index (χ3n) is 2.03. The molecule has 5 nitrogen and oxygen atoms in total. The first-order valence-corrected chi connectivity index (χ1v) is 6.13. The number of nitrogens with one attached hydrogen (secondary N) is 3. The molecule has 3 N–H and O–H groups in total. The van der Waals surface area contributed by atoms with Gasteiger partial charge in [-0.05, 0) is 22.0 Å². The molecule has 3 amide bonds. The first-order chi connectivity index (χ1) is 8.90. The molecule has 0 fully saturated rings. The quantitative estimate of drug-likeness (QED) is 0.581. The zero-order valence-electron chi connectivity index (χ0n) is 10.0. The Morgan fingerprint density at radius 1 is 1.21 bits per heavy atom. The summed E-state index contributed by atoms with van der Waals surface area (Å²) in [7, 11) is 0. The summed E-state index contributed by atoms with van der Waals surface area (Å²) in [6.07, 6.45) is 0. The fourth-order valence-electron chi connectivity index (χ4n) is 1.23. The van der Waals surface area contributed by atoms with E-state index < -0.39 is 17.7 Å². The van der Waals surface area contributed by atoms with Crippen LogP contribution in [0.25, 0.3) is 0 Å². The minimum Gasteiger partial charge on any atom is -0.355 e. The van der Waals surface area contributed by atoms with Gasteiger partial charge in [0.2, 0.25) is 5.91 Å². The van der Waals surface area contributed by atoms with E-state index in [1.54, 1.807) is 0 Å². The fourth-order valence-corrected chi connectivity index (χ4v) is 1.56. The van der Waals surface area contributed by atoms with Crippen LogP contribution in [0.15, 0.2) is 16.6 Å². The van der Waals surface area contributed by atoms with Gasteiger partial charge in [-0.1, -0.05) is 0 Å². The first kappa shape index (κ1) is 15.4. The molecule has 1 rings (SSSR count). The van der Waals surface area contributed by atoms with Gasteiger partial charge in [0.1, 0.15) is 11.6 Å². The lowest BCUT2D eigenvalue weighted by molar-refractivity contribution is -0.118. The molecule has 0 aliphatic heterocycles. The molecule has 1 aromatic carbocycles. The predicted octanol–water partition coefficient (Wildman–Crippen LogP) is 1.98. The van der Waals surface area contributed by atoms with E-state index in [4.69, 9.17) is 0 Å². The van der Waals surface area contributed by atoms with E-state index in [1.807, 2.05) is 0 Å². The van der Waals surface area contributed by atoms with E-state index in [-0.39, 0.29) is 29.2 Å². The highest BCUT2D eigenvalue weighted by molar-refractivity contribution is 9.10. The standard InChI is InChI=1S/C11H12BrF2N3O2/c1-6(18)15-2-3-16-11(19)17-9-5-7(13)4-8(14)10(9)12/h4-5H,2-3H2,1H3,(H,15,18)(H2,16,17,19). The average Bonchev–Trinajstić information content (AvgIpc) is 2.31. The van der Waals surface area contributed by atoms with Gasteiger partial charge in [-0.25, -0.2) is 13.6 Å². The number of carbonyl (C=O) groups is 2. The lowest BCUT2D eigenvalue weighted by atomic mass is 10.3. The zero-order valence-corrected chi connectivity index (χ0v) is 11.6. The molecule has 1 aromatic rings. The molecule has 8 heteroatoms. The monoisotopic (exact) mass is 335 g/mol. The van der Waals surface area contributed by atoms with Gasteiger partial charge in [0, 0.05) is 26.1 Å². The van der Waals surface area contributed by atoms with Gasteiger partial charge < -0.3 is 16.0 Å². The van der Waals surface area contributed by atoms with Gasteiger partial charge in [0.05, 0.1) is 10.2 Å². The number of hydrogen-bond donors (Lipinski definition) is 3. The Bertz CT molecular complexity index is 497. The van der Waals surface area contributed by atoms with Crippen LogP contribution in [-0.2, 0) is 4.79 Å². The Morgan fingerprint density at radius 3 is 2.47 bits per heavy atom. The third-order valence-corrected chi connectivity index (χ3v) is 2.83. The van der Waals surface area contributed by atoms with Crippen molar-refractivity contribution < 1.29 is 18.4 Å². The van der Waals surface area contributed by atoms with E-state index in [2.05, 4.69) is 31.9 Å². The molecule has 0 aliphatic carbocycles. The summed E-state index contributed by atoms with van der Waals surface area (Å²) >= 11 is 2.90. The van der Waals surface area contributed by atoms with Crippen LogP contribution in [0.2, 0.25) is 0 Å². The van der Waals surface area contributed by atoms with Crippen molar-refractivity contribution in [2.75, 3.05) is 18.4 Å². The minimum atomic E-state index is -0.812. The van der Waals surface area contributed by atoms with Crippen molar-refractivity contribution in [2.24, 2.45) is 0 Å². The fraction of sp³-hybridized carbons (Fsp3) is 0.273. The van der Waals surface area contributed by atoms with Crippen molar-refractivity contribution in [1.29, 1.82) is 0 Å². The molecule has 0 spiro atoms. The summed E-state index contributed by atoms with van der Waals surface area (Å²) in [5.74, 6) is -1.82. The third kappa shape index (κ3) is 5.21. The van der Waals surface area contributed by atoms with Crippen molar-refractivity contribution >= 4 is 33.6 Å². The molecule has 0 heterocycles. The largest absolute Gasteiger partial charge is 0.355 e. The second-order valence-corrected chi connectivity index (χ2v) is 4.41. The maximum absolute atomic E-state index is 13.2. The molecular formula is C11H12BrF2N3O2. The van der Waals surface area contributed by atoms with Gasteiger partial charge >= 0.3 is 6.03 Å². The topological polar surface area (TPSA) is 70.2 Å². The molecule has 19 heavy (non-hydrogen) atoms. The zero-order chi connectivity index (χ0) is 14.4. The lowest BCUT2D eigenvalue weighted by Crippen LogP contribution is -2.36. The second kappa shape index (κ2) is 7.03. The molecule has 0 radical (unpaired) electrons. The molecule has 0 bridgehead atoms. The SMILES string of the molecule is CC(=O)NCCNC(=O)Nc1cc(F)cc(F)c1Br. The van der Waals surface area contributed by atoms with E-state index >= 15 is 0 Å². The van der Waals surface area contributed by atoms with E-state index in [9.17, 15) is 18.4 Å². The Labute approximate surface area is 116 Å². The summed E-state index contributed by atoms with van der Waals surface area (Å²) in [6, 6.07) is 1.06. The maximum atomic E-state index is 13.2. The number of halogens is 3. The van der Waals surface area contributed by atoms with Gasteiger partial charge in [-0.3, -0.25) is 4.79 Å².